The third-order valence-electron chi connectivity index (χ3n) is 20.5. The molecule has 6 fully saturated rings. The first kappa shape index (κ1) is 81.1. The molecule has 4 aromatic rings. The second-order valence-corrected chi connectivity index (χ2v) is 30.8. The number of aliphatic imine (C=N–C) groups is 3. The molecule has 4 bridgehead atoms. The molecule has 580 valence electrons. The van der Waals surface area contributed by atoms with Crippen LogP contribution in [0.1, 0.15) is 118 Å². The molecule has 10 rings (SSSR count). The van der Waals surface area contributed by atoms with Crippen LogP contribution >= 0.6 is 22.7 Å². The minimum Gasteiger partial charge on any atom is -0.480 e. The molecule has 2 aromatic carbocycles. The first-order chi connectivity index (χ1) is 51.2. The number of guanidine groups is 3. The lowest BCUT2D eigenvalue weighted by Crippen LogP contribution is -2.60. The Bertz CT molecular complexity index is 3850. The third-order valence-corrected chi connectivity index (χ3v) is 22.3. The number of nitrogens with zero attached hydrogens (tertiary/aromatic N) is 5. The molecule has 2 aromatic heterocycles. The first-order valence-corrected chi connectivity index (χ1v) is 38.2. The molecule has 6 aliphatic rings. The van der Waals surface area contributed by atoms with Crippen LogP contribution in [0.15, 0.2) is 92.5 Å². The van der Waals surface area contributed by atoms with Crippen LogP contribution in [0, 0.1) is 23.2 Å². The molecule has 2 aliphatic heterocycles. The highest BCUT2D eigenvalue weighted by atomic mass is 32.1. The second-order valence-electron chi connectivity index (χ2n) is 28.8. The Labute approximate surface area is 627 Å². The summed E-state index contributed by atoms with van der Waals surface area (Å²) in [6, 6.07) is 7.31. The summed E-state index contributed by atoms with van der Waals surface area (Å²) in [5.41, 5.74) is 33.7. The lowest BCUT2D eigenvalue weighted by Gasteiger charge is -2.56. The molecule has 10 atom stereocenters. The fourth-order valence-electron chi connectivity index (χ4n) is 15.9. The molecule has 2 saturated heterocycles. The van der Waals surface area contributed by atoms with E-state index >= 15 is 0 Å². The average Bonchev–Trinajstić information content (AvgIpc) is 1.47. The number of carboxylic acid groups (broad SMARTS) is 1. The van der Waals surface area contributed by atoms with Crippen molar-refractivity contribution in [3.05, 3.63) is 92.8 Å². The highest BCUT2D eigenvalue weighted by Crippen LogP contribution is 2.61. The summed E-state index contributed by atoms with van der Waals surface area (Å²) in [4.78, 5) is 172. The van der Waals surface area contributed by atoms with Crippen LogP contribution in [0.4, 0.5) is 0 Å². The van der Waals surface area contributed by atoms with Gasteiger partial charge in [-0.25, -0.2) is 4.79 Å². The molecule has 0 unspecified atom stereocenters. The van der Waals surface area contributed by atoms with Crippen molar-refractivity contribution in [2.45, 2.75) is 182 Å². The quantitative estimate of drug-likeness (QED) is 0.0134. The maximum atomic E-state index is 14.9. The number of aliphatic carboxylic acids is 1. The zero-order valence-corrected chi connectivity index (χ0v) is 61.4. The molecule has 23 N–H and O–H groups in total. The Morgan fingerprint density at radius 1 is 0.533 bits per heavy atom. The topological polar surface area (TPSA) is 544 Å². The molecule has 33 nitrogen and oxygen atoms in total. The highest BCUT2D eigenvalue weighted by molar-refractivity contribution is 7.10. The fourth-order valence-corrected chi connectivity index (χ4v) is 17.5. The number of aliphatic hydroxyl groups excluding tert-OH is 2. The van der Waals surface area contributed by atoms with Gasteiger partial charge in [0.1, 0.15) is 54.4 Å². The molecule has 107 heavy (non-hydrogen) atoms. The van der Waals surface area contributed by atoms with Crippen LogP contribution in [0.3, 0.4) is 0 Å². The summed E-state index contributed by atoms with van der Waals surface area (Å²) in [5.74, 6) is -7.77. The Morgan fingerprint density at radius 2 is 1.02 bits per heavy atom. The number of thiophene rings is 2. The number of carbonyl (C=O) groups excluding carboxylic acids is 10. The van der Waals surface area contributed by atoms with E-state index in [0.29, 0.717) is 45.9 Å². The van der Waals surface area contributed by atoms with Gasteiger partial charge in [0.25, 0.3) is 0 Å². The molecule has 4 heterocycles. The van der Waals surface area contributed by atoms with E-state index in [4.69, 9.17) is 34.4 Å². The summed E-state index contributed by atoms with van der Waals surface area (Å²) < 4.78 is 0. The van der Waals surface area contributed by atoms with Crippen molar-refractivity contribution in [1.82, 2.24) is 52.3 Å². The molecular weight excluding hydrogens is 1420 g/mol. The molecule has 10 amide bonds. The van der Waals surface area contributed by atoms with Gasteiger partial charge < -0.3 is 102 Å². The number of nitrogens with two attached hydrogens (primary N) is 6. The van der Waals surface area contributed by atoms with Crippen molar-refractivity contribution in [2.24, 2.45) is 72.5 Å². The number of carbonyl (C=O) groups is 11. The molecule has 0 radical (unpaired) electrons. The zero-order valence-electron chi connectivity index (χ0n) is 59.7. The Kier molecular flexibility index (Phi) is 29.2. The van der Waals surface area contributed by atoms with Crippen LogP contribution in [-0.2, 0) is 72.0 Å². The van der Waals surface area contributed by atoms with Gasteiger partial charge >= 0.3 is 5.97 Å². The van der Waals surface area contributed by atoms with Gasteiger partial charge in [0.05, 0.1) is 19.3 Å². The standard InChI is InChI=1S/C72H101N19O14S2/c73-69(74)79-19-3-13-49(83-58(94)36-72-33-41-25-42(34-72)27-43(26-41)35-72)60(96)85-50(14-4-20-80-70(75)76)66(102)90-22-6-16-56(90)67(103)91-38-46(93)30-57(91)65(101)82-37-59(95)84-53(31-47-11-7-23-106-47)62(98)89-55(39-92)64(100)87-52(29-40-17-18-44-9-1-2-10-45(44)28-40)61(97)88-54(32-48-12-8-24-107-48)63(99)86-51(68(104)105)15-5-21-81-71(77)78/h1-2,7-12,17-18,23-24,28,41-43,46,49-57,92-93H,3-6,13-16,19-22,25-27,29-39H2,(H,82,101)(H,83,94)(H,84,95)(H,85,96)(H,86,99)(H,87,100)(H,88,97)(H,89,98)(H,104,105)(H4,73,74,79)(H4,75,76,80)(H4,77,78,81)/t41?,42?,43?,46-,49-,50+,51+,52-,53+,54+,55+,56+,57+,72?/m1/s1. The average molecular weight is 1520 g/mol. The summed E-state index contributed by atoms with van der Waals surface area (Å²) >= 11 is 2.53. The Hall–Kier alpha value is -10.00. The van der Waals surface area contributed by atoms with Gasteiger partial charge in [0.2, 0.25) is 59.1 Å². The van der Waals surface area contributed by atoms with Crippen LogP contribution in [0.2, 0.25) is 0 Å². The van der Waals surface area contributed by atoms with Gasteiger partial charge in [0, 0.05) is 74.6 Å². The van der Waals surface area contributed by atoms with Crippen molar-refractivity contribution in [3.63, 3.8) is 0 Å². The van der Waals surface area contributed by atoms with E-state index in [1.165, 1.54) is 46.8 Å². The molecule has 35 heteroatoms. The van der Waals surface area contributed by atoms with Crippen molar-refractivity contribution < 1.29 is 68.1 Å². The second kappa shape index (κ2) is 38.5. The van der Waals surface area contributed by atoms with Gasteiger partial charge in [-0.1, -0.05) is 54.6 Å². The number of rotatable bonds is 39. The zero-order chi connectivity index (χ0) is 76.9. The summed E-state index contributed by atoms with van der Waals surface area (Å²) in [5, 5.41) is 58.4. The van der Waals surface area contributed by atoms with Gasteiger partial charge in [-0.2, -0.15) is 0 Å². The van der Waals surface area contributed by atoms with Crippen molar-refractivity contribution in [2.75, 3.05) is 45.9 Å². The number of hydrogen-bond acceptors (Lipinski definition) is 18. The number of β-amino-alcohol motifs (C(OH)–C–C–N with tert-alkyl or cyclic N) is 1. The fraction of sp³-hybridized carbons (Fsp3) is 0.556. The van der Waals surface area contributed by atoms with E-state index in [-0.39, 0.29) is 133 Å². The SMILES string of the molecule is NC(N)=NCCC[C@H](NC(=O)[C@H](Cc1cccs1)NC(=O)[C@@H](Cc1ccc2ccccc2c1)NC(=O)[C@H](CO)NC(=O)[C@H](Cc1cccs1)NC(=O)CNC(=O)[C@@H]1C[C@@H](O)CN1C(=O)[C@@H]1CCCN1C(=O)[C@H](CCCN=C(N)N)NC(=O)[C@@H](CCCN=C(N)N)NC(=O)CC12CC3CC(CC(C3)C1)C2)C(=O)O. The number of fused-ring (bicyclic) bond motifs is 1. The van der Waals surface area contributed by atoms with Crippen molar-refractivity contribution in [3.8, 4) is 0 Å². The number of nitrogens with one attached hydrogen (secondary N) is 8. The number of carboxylic acids is 1. The van der Waals surface area contributed by atoms with E-state index in [1.54, 1.807) is 47.2 Å². The van der Waals surface area contributed by atoms with Gasteiger partial charge in [-0.15, -0.1) is 22.7 Å². The van der Waals surface area contributed by atoms with Gasteiger partial charge in [-0.05, 0) is 152 Å². The van der Waals surface area contributed by atoms with E-state index in [1.807, 2.05) is 30.3 Å². The lowest BCUT2D eigenvalue weighted by molar-refractivity contribution is -0.148. The molecule has 4 saturated carbocycles. The first-order valence-electron chi connectivity index (χ1n) is 36.4. The number of hydrogen-bond donors (Lipinski definition) is 17. The van der Waals surface area contributed by atoms with Gasteiger partial charge in [0.15, 0.2) is 17.9 Å². The number of amides is 10. The van der Waals surface area contributed by atoms with Crippen LogP contribution < -0.4 is 76.9 Å². The third kappa shape index (κ3) is 23.5. The number of aliphatic hydroxyl groups is 2. The predicted octanol–water partition coefficient (Wildman–Crippen LogP) is -1.70. The molecule has 0 spiro atoms. The minimum absolute atomic E-state index is 0.0201. The minimum atomic E-state index is -1.76. The van der Waals surface area contributed by atoms with Crippen LogP contribution in [0.5, 0.6) is 0 Å². The van der Waals surface area contributed by atoms with E-state index < -0.39 is 133 Å². The van der Waals surface area contributed by atoms with Crippen molar-refractivity contribution in [1.29, 1.82) is 0 Å². The maximum absolute atomic E-state index is 14.9. The van der Waals surface area contributed by atoms with E-state index in [2.05, 4.69) is 57.5 Å². The Balaban J connectivity index is 0.847. The normalized spacial score (nSPS) is 21.7. The lowest BCUT2D eigenvalue weighted by atomic mass is 9.49. The van der Waals surface area contributed by atoms with E-state index in [0.717, 1.165) is 34.9 Å². The largest absolute Gasteiger partial charge is 0.480 e. The van der Waals surface area contributed by atoms with Crippen LogP contribution in [0.25, 0.3) is 10.8 Å². The van der Waals surface area contributed by atoms with Gasteiger partial charge in [-0.3, -0.25) is 62.9 Å². The summed E-state index contributed by atoms with van der Waals surface area (Å²) in [7, 11) is 0. The number of benzene rings is 2. The van der Waals surface area contributed by atoms with Crippen molar-refractivity contribution >= 4 is 116 Å². The Morgan fingerprint density at radius 3 is 1.56 bits per heavy atom. The summed E-state index contributed by atoms with van der Waals surface area (Å²) in [6.07, 6.45) is 6.22. The molecular formula is C72H101N19O14S2. The molecule has 4 aliphatic carbocycles. The maximum Gasteiger partial charge on any atom is 0.326 e. The monoisotopic (exact) mass is 1520 g/mol. The van der Waals surface area contributed by atoms with E-state index in [9.17, 15) is 68.1 Å². The smallest absolute Gasteiger partial charge is 0.326 e. The highest BCUT2D eigenvalue weighted by Gasteiger charge is 2.52. The predicted molar refractivity (Wildman–Crippen MR) is 401 cm³/mol. The number of likely N-dealkylation sites (tertiary alicyclic amines) is 2. The summed E-state index contributed by atoms with van der Waals surface area (Å²) in [6.45, 7) is -1.65. The van der Waals surface area contributed by atoms with Crippen LogP contribution in [-0.4, -0.2) is 214 Å².